The third kappa shape index (κ3) is 3.54. The average Bonchev–Trinajstić information content (AvgIpc) is 2.39. The molecule has 2 aromatic rings. The Morgan fingerprint density at radius 3 is 2.37 bits per heavy atom. The third-order valence-corrected chi connectivity index (χ3v) is 3.60. The summed E-state index contributed by atoms with van der Waals surface area (Å²) < 4.78 is 0. The molecule has 0 saturated carbocycles. The summed E-state index contributed by atoms with van der Waals surface area (Å²) in [7, 11) is 0. The van der Waals surface area contributed by atoms with Crippen LogP contribution in [0.15, 0.2) is 36.4 Å². The summed E-state index contributed by atoms with van der Waals surface area (Å²) in [6, 6.07) is 12.3. The molecule has 1 aromatic heterocycles. The van der Waals surface area contributed by atoms with Crippen LogP contribution in [-0.2, 0) is 6.42 Å². The maximum atomic E-state index is 10.7. The molecule has 0 aliphatic carbocycles. The summed E-state index contributed by atoms with van der Waals surface area (Å²) in [5.41, 5.74) is 1.40. The van der Waals surface area contributed by atoms with Crippen LogP contribution in [0, 0.1) is 0 Å². The van der Waals surface area contributed by atoms with Gasteiger partial charge >= 0.3 is 0 Å². The van der Waals surface area contributed by atoms with E-state index in [2.05, 4.69) is 31.0 Å². The Hall–Kier alpha value is -1.41. The predicted octanol–water partition coefficient (Wildman–Crippen LogP) is 4.11. The first-order chi connectivity index (χ1) is 9.17. The molecule has 0 amide bonds. The molecule has 0 radical (unpaired) electrons. The van der Waals surface area contributed by atoms with Gasteiger partial charge < -0.3 is 5.11 Å². The number of rotatable bonds is 6. The van der Waals surface area contributed by atoms with E-state index in [4.69, 9.17) is 0 Å². The summed E-state index contributed by atoms with van der Waals surface area (Å²) in [5, 5.41) is 11.9. The molecule has 2 heteroatoms. The summed E-state index contributed by atoms with van der Waals surface area (Å²) in [5.74, 6) is 0. The molecule has 2 nitrogen and oxygen atoms in total. The highest BCUT2D eigenvalue weighted by molar-refractivity contribution is 5.78. The highest BCUT2D eigenvalue weighted by atomic mass is 16.3. The summed E-state index contributed by atoms with van der Waals surface area (Å²) in [4.78, 5) is 4.66. The van der Waals surface area contributed by atoms with Crippen molar-refractivity contribution in [3.8, 4) is 0 Å². The number of nitrogens with zero attached hydrogens (tertiary/aromatic N) is 1. The van der Waals surface area contributed by atoms with Crippen LogP contribution in [0.1, 0.15) is 45.2 Å². The topological polar surface area (TPSA) is 33.1 Å². The minimum atomic E-state index is -0.598. The van der Waals surface area contributed by atoms with Crippen LogP contribution in [0.5, 0.6) is 0 Å². The van der Waals surface area contributed by atoms with E-state index in [0.717, 1.165) is 42.3 Å². The normalized spacial score (nSPS) is 11.9. The van der Waals surface area contributed by atoms with Crippen molar-refractivity contribution >= 4 is 10.9 Å². The second-order valence-corrected chi connectivity index (χ2v) is 5.40. The van der Waals surface area contributed by atoms with E-state index < -0.39 is 5.60 Å². The number of aliphatic hydroxyl groups is 1. The number of aromatic nitrogens is 1. The van der Waals surface area contributed by atoms with Gasteiger partial charge in [0.05, 0.1) is 11.1 Å². The maximum Gasteiger partial charge on any atom is 0.0705 e. The lowest BCUT2D eigenvalue weighted by Crippen LogP contribution is -2.31. The number of benzene rings is 1. The highest BCUT2D eigenvalue weighted by Gasteiger charge is 2.25. The smallest absolute Gasteiger partial charge is 0.0705 e. The first-order valence-corrected chi connectivity index (χ1v) is 7.24. The molecule has 0 saturated heterocycles. The van der Waals surface area contributed by atoms with Crippen molar-refractivity contribution in [3.63, 3.8) is 0 Å². The van der Waals surface area contributed by atoms with Gasteiger partial charge in [-0.25, -0.2) is 0 Å². The zero-order valence-electron chi connectivity index (χ0n) is 11.9. The van der Waals surface area contributed by atoms with Crippen LogP contribution in [0.25, 0.3) is 10.9 Å². The summed E-state index contributed by atoms with van der Waals surface area (Å²) in [6.45, 7) is 4.24. The minimum Gasteiger partial charge on any atom is -0.389 e. The van der Waals surface area contributed by atoms with Crippen LogP contribution in [0.2, 0.25) is 0 Å². The largest absolute Gasteiger partial charge is 0.389 e. The van der Waals surface area contributed by atoms with Gasteiger partial charge in [-0.2, -0.15) is 0 Å². The molecule has 0 fully saturated rings. The van der Waals surface area contributed by atoms with E-state index in [1.807, 2.05) is 24.3 Å². The Morgan fingerprint density at radius 2 is 1.68 bits per heavy atom. The fraction of sp³-hybridized carbons (Fsp3) is 0.471. The van der Waals surface area contributed by atoms with E-state index in [9.17, 15) is 5.11 Å². The molecule has 0 bridgehead atoms. The number of para-hydroxylation sites is 1. The number of pyridine rings is 1. The quantitative estimate of drug-likeness (QED) is 0.844. The van der Waals surface area contributed by atoms with Gasteiger partial charge in [-0.1, -0.05) is 51.0 Å². The van der Waals surface area contributed by atoms with Gasteiger partial charge in [0.25, 0.3) is 0 Å². The van der Waals surface area contributed by atoms with Gasteiger partial charge in [-0.3, -0.25) is 4.98 Å². The molecule has 102 valence electrons. The molecular formula is C17H23NO. The van der Waals surface area contributed by atoms with Crippen molar-refractivity contribution in [1.82, 2.24) is 4.98 Å². The minimum absolute atomic E-state index is 0.598. The monoisotopic (exact) mass is 257 g/mol. The van der Waals surface area contributed by atoms with Gasteiger partial charge in [0.2, 0.25) is 0 Å². The van der Waals surface area contributed by atoms with Crippen LogP contribution in [-0.4, -0.2) is 15.7 Å². The van der Waals surface area contributed by atoms with Crippen LogP contribution >= 0.6 is 0 Å². The molecule has 19 heavy (non-hydrogen) atoms. The molecule has 1 N–H and O–H groups in total. The molecule has 0 spiro atoms. The molecular weight excluding hydrogens is 234 g/mol. The van der Waals surface area contributed by atoms with E-state index in [-0.39, 0.29) is 0 Å². The predicted molar refractivity (Wildman–Crippen MR) is 80.2 cm³/mol. The van der Waals surface area contributed by atoms with Crippen molar-refractivity contribution in [2.75, 3.05) is 0 Å². The van der Waals surface area contributed by atoms with E-state index >= 15 is 0 Å². The molecule has 0 aliphatic rings. The van der Waals surface area contributed by atoms with Gasteiger partial charge in [0.1, 0.15) is 0 Å². The van der Waals surface area contributed by atoms with Crippen LogP contribution in [0.3, 0.4) is 0 Å². The Balaban J connectivity index is 2.23. The zero-order chi connectivity index (χ0) is 13.7. The lowest BCUT2D eigenvalue weighted by Gasteiger charge is -2.27. The molecule has 0 unspecified atom stereocenters. The first kappa shape index (κ1) is 14.0. The van der Waals surface area contributed by atoms with Gasteiger partial charge in [-0.05, 0) is 25.0 Å². The molecule has 0 aliphatic heterocycles. The SMILES string of the molecule is CCCC(O)(CCC)Cc1ccc2ccccc2n1. The summed E-state index contributed by atoms with van der Waals surface area (Å²) >= 11 is 0. The van der Waals surface area contributed by atoms with Crippen molar-refractivity contribution < 1.29 is 5.11 Å². The standard InChI is InChI=1S/C17H23NO/c1-3-11-17(19,12-4-2)13-15-10-9-14-7-5-6-8-16(14)18-15/h5-10,19H,3-4,11-13H2,1-2H3. The maximum absolute atomic E-state index is 10.7. The number of fused-ring (bicyclic) bond motifs is 1. The summed E-state index contributed by atoms with van der Waals surface area (Å²) in [6.07, 6.45) is 4.35. The van der Waals surface area contributed by atoms with Crippen LogP contribution < -0.4 is 0 Å². The van der Waals surface area contributed by atoms with Crippen molar-refractivity contribution in [2.24, 2.45) is 0 Å². The van der Waals surface area contributed by atoms with Crippen molar-refractivity contribution in [2.45, 2.75) is 51.6 Å². The fourth-order valence-electron chi connectivity index (χ4n) is 2.78. The molecule has 2 rings (SSSR count). The second kappa shape index (κ2) is 6.16. The number of hydrogen-bond donors (Lipinski definition) is 1. The number of hydrogen-bond acceptors (Lipinski definition) is 2. The van der Waals surface area contributed by atoms with Crippen LogP contribution in [0.4, 0.5) is 0 Å². The zero-order valence-corrected chi connectivity index (χ0v) is 11.9. The fourth-order valence-corrected chi connectivity index (χ4v) is 2.78. The average molecular weight is 257 g/mol. The Kier molecular flexibility index (Phi) is 4.54. The lowest BCUT2D eigenvalue weighted by atomic mass is 9.88. The first-order valence-electron chi connectivity index (χ1n) is 7.24. The van der Waals surface area contributed by atoms with Gasteiger partial charge in [-0.15, -0.1) is 0 Å². The lowest BCUT2D eigenvalue weighted by molar-refractivity contribution is 0.0208. The Labute approximate surface area is 115 Å². The molecule has 1 aromatic carbocycles. The van der Waals surface area contributed by atoms with E-state index in [1.165, 1.54) is 0 Å². The van der Waals surface area contributed by atoms with E-state index in [0.29, 0.717) is 6.42 Å². The van der Waals surface area contributed by atoms with Crippen molar-refractivity contribution in [3.05, 3.63) is 42.1 Å². The highest BCUT2D eigenvalue weighted by Crippen LogP contribution is 2.24. The third-order valence-electron chi connectivity index (χ3n) is 3.60. The van der Waals surface area contributed by atoms with E-state index in [1.54, 1.807) is 0 Å². The Bertz CT molecular complexity index is 530. The van der Waals surface area contributed by atoms with Gasteiger partial charge in [0, 0.05) is 17.5 Å². The molecule has 0 atom stereocenters. The Morgan fingerprint density at radius 1 is 1.00 bits per heavy atom. The van der Waals surface area contributed by atoms with Gasteiger partial charge in [0.15, 0.2) is 0 Å². The van der Waals surface area contributed by atoms with Crippen molar-refractivity contribution in [1.29, 1.82) is 0 Å². The molecule has 1 heterocycles. The second-order valence-electron chi connectivity index (χ2n) is 5.40.